The fourth-order valence-electron chi connectivity index (χ4n) is 6.37. The Balaban J connectivity index is 2.48. The van der Waals surface area contributed by atoms with Gasteiger partial charge in [-0.05, 0) is 120 Å². The molecule has 1 fully saturated rings. The highest BCUT2D eigenvalue weighted by Crippen LogP contribution is 2.48. The summed E-state index contributed by atoms with van der Waals surface area (Å²) >= 11 is 0. The fraction of sp³-hybridized carbons (Fsp3) is 0.780. The highest BCUT2D eigenvalue weighted by atomic mass is 31.2. The van der Waals surface area contributed by atoms with Crippen LogP contribution in [0.15, 0.2) is 24.3 Å². The minimum atomic E-state index is -3.22. The summed E-state index contributed by atoms with van der Waals surface area (Å²) in [6.07, 6.45) is 1.98. The molecule has 0 radical (unpaired) electrons. The van der Waals surface area contributed by atoms with Gasteiger partial charge in [-0.15, -0.1) is 0 Å². The van der Waals surface area contributed by atoms with Gasteiger partial charge in [0.25, 0.3) is 0 Å². The van der Waals surface area contributed by atoms with Crippen molar-refractivity contribution >= 4 is 31.2 Å². The lowest BCUT2D eigenvalue weighted by Gasteiger charge is -2.37. The van der Waals surface area contributed by atoms with E-state index in [4.69, 9.17) is 29.0 Å². The Hall–Kier alpha value is -2.58. The van der Waals surface area contributed by atoms with E-state index >= 15 is 0 Å². The number of aryl methyl sites for hydroxylation is 1. The lowest BCUT2D eigenvalue weighted by atomic mass is 10.0. The molecular weight excluding hydrogens is 737 g/mol. The molecule has 1 aromatic carbocycles. The smallest absolute Gasteiger partial charge is 0.330 e. The largest absolute Gasteiger partial charge is 0.459 e. The molecule has 0 aliphatic carbocycles. The molecule has 1 aliphatic rings. The molecule has 0 saturated carbocycles. The number of carbonyl (C=O) groups excluding carboxylic acids is 3. The first-order valence-corrected chi connectivity index (χ1v) is 22.0. The maximum absolute atomic E-state index is 14.0. The predicted octanol–water partition coefficient (Wildman–Crippen LogP) is 5.47. The minimum absolute atomic E-state index is 0.0795. The number of nitrogens with two attached hydrogens (primary N) is 1. The number of nitrogens with zero attached hydrogens (tertiary/aromatic N) is 4. The molecule has 15 heteroatoms. The van der Waals surface area contributed by atoms with Crippen LogP contribution in [0.1, 0.15) is 94.6 Å². The van der Waals surface area contributed by atoms with Crippen LogP contribution in [0.5, 0.6) is 0 Å². The number of rotatable bonds is 17. The van der Waals surface area contributed by atoms with E-state index < -0.39 is 30.4 Å². The lowest BCUT2D eigenvalue weighted by molar-refractivity contribution is -0.163. The van der Waals surface area contributed by atoms with E-state index in [9.17, 15) is 18.9 Å². The number of benzene rings is 1. The molecule has 14 nitrogen and oxygen atoms in total. The Morgan fingerprint density at radius 3 is 1.54 bits per heavy atom. The summed E-state index contributed by atoms with van der Waals surface area (Å²) in [5.74, 6) is -0.972. The Kier molecular flexibility index (Phi) is 20.5. The number of anilines is 1. The van der Waals surface area contributed by atoms with Gasteiger partial charge in [0.2, 0.25) is 0 Å². The van der Waals surface area contributed by atoms with Crippen molar-refractivity contribution in [2.45, 2.75) is 118 Å². The molecule has 0 bridgehead atoms. The molecule has 0 spiro atoms. The van der Waals surface area contributed by atoms with Crippen LogP contribution in [0.4, 0.5) is 5.69 Å². The van der Waals surface area contributed by atoms with Gasteiger partial charge in [-0.1, -0.05) is 12.1 Å². The van der Waals surface area contributed by atoms with Gasteiger partial charge >= 0.3 is 25.5 Å². The standard InChI is InChI=1S/C41H74N5O9P/c1-12-51-56(50,52-13-2)30-14-21-43-22-24-44(31-36(47)53-39(3,4)5)26-28-46(29-27-45(25-23-43)32-37(48)54-40(6,7)8)35(38(49)55-41(9,10)11)20-17-33-15-18-34(42)19-16-33/h15-16,18-19,35H,12-14,17,20-32,42H2,1-11H3. The van der Waals surface area contributed by atoms with E-state index in [1.807, 2.05) is 86.6 Å². The van der Waals surface area contributed by atoms with Crippen LogP contribution in [-0.2, 0) is 48.6 Å². The number of hydrogen-bond donors (Lipinski definition) is 1. The van der Waals surface area contributed by atoms with Crippen molar-refractivity contribution in [3.8, 4) is 0 Å². The van der Waals surface area contributed by atoms with Gasteiger partial charge in [-0.3, -0.25) is 33.6 Å². The maximum Gasteiger partial charge on any atom is 0.330 e. The zero-order valence-corrected chi connectivity index (χ0v) is 37.3. The first-order chi connectivity index (χ1) is 26.0. The molecule has 56 heavy (non-hydrogen) atoms. The Morgan fingerprint density at radius 2 is 1.11 bits per heavy atom. The summed E-state index contributed by atoms with van der Waals surface area (Å²) in [6, 6.07) is 7.07. The van der Waals surface area contributed by atoms with Crippen molar-refractivity contribution in [2.75, 3.05) is 97.1 Å². The van der Waals surface area contributed by atoms with Crippen molar-refractivity contribution in [1.82, 2.24) is 19.6 Å². The van der Waals surface area contributed by atoms with Crippen molar-refractivity contribution in [1.29, 1.82) is 0 Å². The van der Waals surface area contributed by atoms with E-state index in [1.165, 1.54) is 0 Å². The van der Waals surface area contributed by atoms with Gasteiger partial charge < -0.3 is 33.9 Å². The van der Waals surface area contributed by atoms with E-state index in [-0.39, 0.29) is 37.2 Å². The second-order valence-electron chi connectivity index (χ2n) is 17.5. The third-order valence-electron chi connectivity index (χ3n) is 8.78. The number of nitrogen functional groups attached to an aromatic ring is 1. The van der Waals surface area contributed by atoms with E-state index in [0.29, 0.717) is 97.1 Å². The van der Waals surface area contributed by atoms with Gasteiger partial charge in [-0.2, -0.15) is 0 Å². The van der Waals surface area contributed by atoms with Crippen LogP contribution in [0.25, 0.3) is 0 Å². The molecule has 1 saturated heterocycles. The summed E-state index contributed by atoms with van der Waals surface area (Å²) in [5, 5.41) is 0. The van der Waals surface area contributed by atoms with Gasteiger partial charge in [0.15, 0.2) is 0 Å². The van der Waals surface area contributed by atoms with E-state index in [0.717, 1.165) is 5.56 Å². The van der Waals surface area contributed by atoms with Crippen molar-refractivity contribution < 1.29 is 42.2 Å². The summed E-state index contributed by atoms with van der Waals surface area (Å²) in [7, 11) is -3.22. The van der Waals surface area contributed by atoms with Gasteiger partial charge in [0, 0.05) is 58.0 Å². The van der Waals surface area contributed by atoms with Crippen LogP contribution < -0.4 is 5.73 Å². The number of esters is 3. The average molecular weight is 812 g/mol. The van der Waals surface area contributed by atoms with Gasteiger partial charge in [0.05, 0.1) is 32.5 Å². The first-order valence-electron chi connectivity index (χ1n) is 20.3. The summed E-state index contributed by atoms with van der Waals surface area (Å²) < 4.78 is 41.8. The highest BCUT2D eigenvalue weighted by molar-refractivity contribution is 7.53. The maximum atomic E-state index is 14.0. The molecule has 1 atom stereocenters. The van der Waals surface area contributed by atoms with E-state index in [2.05, 4.69) is 19.6 Å². The predicted molar refractivity (Wildman–Crippen MR) is 222 cm³/mol. The second-order valence-corrected chi connectivity index (χ2v) is 19.6. The topological polar surface area (TPSA) is 153 Å². The van der Waals surface area contributed by atoms with Gasteiger partial charge in [0.1, 0.15) is 22.8 Å². The normalized spacial score (nSPS) is 17.4. The molecule has 1 heterocycles. The van der Waals surface area contributed by atoms with E-state index in [1.54, 1.807) is 13.8 Å². The molecule has 0 aromatic heterocycles. The van der Waals surface area contributed by atoms with Crippen LogP contribution in [0.3, 0.4) is 0 Å². The number of hydrogen-bond acceptors (Lipinski definition) is 14. The molecule has 1 aromatic rings. The third kappa shape index (κ3) is 21.3. The SMILES string of the molecule is CCOP(=O)(CCCN1CCN(CC(=O)OC(C)(C)C)CCN(C(CCc2ccc(N)cc2)C(=O)OC(C)(C)C)CCN(CC(=O)OC(C)(C)C)CC1)OCC. The number of carbonyl (C=O) groups is 3. The average Bonchev–Trinajstić information content (AvgIpc) is 3.03. The van der Waals surface area contributed by atoms with Gasteiger partial charge in [-0.25, -0.2) is 0 Å². The summed E-state index contributed by atoms with van der Waals surface area (Å²) in [4.78, 5) is 49.0. The van der Waals surface area contributed by atoms with Crippen molar-refractivity contribution in [3.05, 3.63) is 29.8 Å². The van der Waals surface area contributed by atoms with Crippen LogP contribution in [-0.4, -0.2) is 152 Å². The molecule has 322 valence electrons. The van der Waals surface area contributed by atoms with Crippen molar-refractivity contribution in [3.63, 3.8) is 0 Å². The van der Waals surface area contributed by atoms with Crippen LogP contribution in [0, 0.1) is 0 Å². The Bertz CT molecular complexity index is 1340. The summed E-state index contributed by atoms with van der Waals surface area (Å²) in [5.41, 5.74) is 5.70. The Labute approximate surface area is 337 Å². The minimum Gasteiger partial charge on any atom is -0.459 e. The zero-order valence-electron chi connectivity index (χ0n) is 36.4. The quantitative estimate of drug-likeness (QED) is 0.0916. The molecule has 0 amide bonds. The second kappa shape index (κ2) is 23.1. The van der Waals surface area contributed by atoms with Crippen LogP contribution >= 0.6 is 7.60 Å². The molecule has 2 N–H and O–H groups in total. The highest BCUT2D eigenvalue weighted by Gasteiger charge is 2.32. The molecule has 2 rings (SSSR count). The molecule has 1 aliphatic heterocycles. The number of ether oxygens (including phenoxy) is 3. The summed E-state index contributed by atoms with van der Waals surface area (Å²) in [6.45, 7) is 25.8. The lowest BCUT2D eigenvalue weighted by Crippen LogP contribution is -2.52. The molecular formula is C41H74N5O9P. The Morgan fingerprint density at radius 1 is 0.679 bits per heavy atom. The monoisotopic (exact) mass is 812 g/mol. The zero-order chi connectivity index (χ0) is 42.2. The molecule has 1 unspecified atom stereocenters. The third-order valence-corrected chi connectivity index (χ3v) is 10.9. The first kappa shape index (κ1) is 49.6. The van der Waals surface area contributed by atoms with Crippen LogP contribution in [0.2, 0.25) is 0 Å². The fourth-order valence-corrected chi connectivity index (χ4v) is 8.02. The van der Waals surface area contributed by atoms with Crippen molar-refractivity contribution in [2.24, 2.45) is 0 Å².